The summed E-state index contributed by atoms with van der Waals surface area (Å²) in [6, 6.07) is 4.01. The van der Waals surface area contributed by atoms with Crippen LogP contribution >= 0.6 is 0 Å². The van der Waals surface area contributed by atoms with Gasteiger partial charge in [0.1, 0.15) is 5.54 Å². The van der Waals surface area contributed by atoms with Crippen molar-refractivity contribution in [2.75, 3.05) is 32.7 Å². The zero-order chi connectivity index (χ0) is 11.9. The van der Waals surface area contributed by atoms with Gasteiger partial charge in [-0.1, -0.05) is 0 Å². The second kappa shape index (κ2) is 4.24. The first-order valence-corrected chi connectivity index (χ1v) is 6.88. The number of likely N-dealkylation sites (tertiary alicyclic amines) is 1. The molecule has 2 saturated heterocycles. The van der Waals surface area contributed by atoms with Crippen LogP contribution < -0.4 is 5.32 Å². The first kappa shape index (κ1) is 11.5. The Morgan fingerprint density at radius 1 is 1.29 bits per heavy atom. The third-order valence-electron chi connectivity index (χ3n) is 4.59. The van der Waals surface area contributed by atoms with Crippen LogP contribution in [0.15, 0.2) is 0 Å². The maximum atomic E-state index is 9.67. The summed E-state index contributed by atoms with van der Waals surface area (Å²) in [5, 5.41) is 13.0. The van der Waals surface area contributed by atoms with Crippen LogP contribution in [0.3, 0.4) is 0 Å². The van der Waals surface area contributed by atoms with E-state index in [1.807, 2.05) is 0 Å². The molecule has 17 heavy (non-hydrogen) atoms. The molecule has 3 aliphatic rings. The molecular weight excluding hydrogens is 212 g/mol. The minimum atomic E-state index is -0.204. The summed E-state index contributed by atoms with van der Waals surface area (Å²) in [6.07, 6.45) is 3.71. The molecule has 0 aromatic rings. The SMILES string of the molecule is CC1CC(C#N)(N2CCNCC2)CN1C1CC1. The average Bonchev–Trinajstić information content (AvgIpc) is 3.15. The quantitative estimate of drug-likeness (QED) is 0.751. The molecule has 1 aliphatic carbocycles. The lowest BCUT2D eigenvalue weighted by Crippen LogP contribution is -2.56. The summed E-state index contributed by atoms with van der Waals surface area (Å²) in [7, 11) is 0. The van der Waals surface area contributed by atoms with Crippen LogP contribution in [0.25, 0.3) is 0 Å². The van der Waals surface area contributed by atoms with E-state index in [1.54, 1.807) is 0 Å². The van der Waals surface area contributed by atoms with Crippen LogP contribution in [-0.4, -0.2) is 60.1 Å². The van der Waals surface area contributed by atoms with Gasteiger partial charge in [-0.25, -0.2) is 0 Å². The van der Waals surface area contributed by atoms with E-state index in [9.17, 15) is 5.26 Å². The Labute approximate surface area is 104 Å². The van der Waals surface area contributed by atoms with E-state index in [2.05, 4.69) is 28.1 Å². The van der Waals surface area contributed by atoms with E-state index in [0.29, 0.717) is 6.04 Å². The molecule has 2 heterocycles. The van der Waals surface area contributed by atoms with Gasteiger partial charge in [0, 0.05) is 44.8 Å². The molecule has 0 aromatic heterocycles. The highest BCUT2D eigenvalue weighted by Crippen LogP contribution is 2.39. The topological polar surface area (TPSA) is 42.3 Å². The highest BCUT2D eigenvalue weighted by Gasteiger charge is 2.50. The van der Waals surface area contributed by atoms with Crippen LogP contribution in [0.5, 0.6) is 0 Å². The van der Waals surface area contributed by atoms with Crippen LogP contribution in [0.2, 0.25) is 0 Å². The first-order chi connectivity index (χ1) is 8.25. The number of piperazine rings is 1. The standard InChI is InChI=1S/C13H22N4/c1-11-8-13(9-14,10-17(11)12-2-3-12)16-6-4-15-5-7-16/h11-12,15H,2-8,10H2,1H3. The largest absolute Gasteiger partial charge is 0.314 e. The molecule has 4 heteroatoms. The summed E-state index contributed by atoms with van der Waals surface area (Å²) in [5.41, 5.74) is -0.204. The minimum Gasteiger partial charge on any atom is -0.314 e. The van der Waals surface area contributed by atoms with Gasteiger partial charge in [-0.15, -0.1) is 0 Å². The molecule has 0 spiro atoms. The zero-order valence-electron chi connectivity index (χ0n) is 10.7. The van der Waals surface area contributed by atoms with E-state index in [1.165, 1.54) is 12.8 Å². The molecule has 94 valence electrons. The zero-order valence-corrected chi connectivity index (χ0v) is 10.7. The van der Waals surface area contributed by atoms with Gasteiger partial charge in [0.05, 0.1) is 6.07 Å². The molecule has 0 aromatic carbocycles. The third kappa shape index (κ3) is 1.97. The smallest absolute Gasteiger partial charge is 0.123 e. The maximum absolute atomic E-state index is 9.67. The van der Waals surface area contributed by atoms with Crippen LogP contribution in [-0.2, 0) is 0 Å². The Morgan fingerprint density at radius 2 is 2.00 bits per heavy atom. The molecule has 3 rings (SSSR count). The molecule has 2 aliphatic heterocycles. The van der Waals surface area contributed by atoms with Gasteiger partial charge in [0.2, 0.25) is 0 Å². The third-order valence-corrected chi connectivity index (χ3v) is 4.59. The van der Waals surface area contributed by atoms with Crippen molar-refractivity contribution in [1.29, 1.82) is 5.26 Å². The van der Waals surface area contributed by atoms with Gasteiger partial charge in [-0.2, -0.15) is 5.26 Å². The van der Waals surface area contributed by atoms with Crippen molar-refractivity contribution in [1.82, 2.24) is 15.1 Å². The Morgan fingerprint density at radius 3 is 2.59 bits per heavy atom. The Hall–Kier alpha value is -0.630. The van der Waals surface area contributed by atoms with Crippen molar-refractivity contribution in [3.8, 4) is 6.07 Å². The van der Waals surface area contributed by atoms with Crippen molar-refractivity contribution >= 4 is 0 Å². The van der Waals surface area contributed by atoms with Crippen LogP contribution in [0, 0.1) is 11.3 Å². The lowest BCUT2D eigenvalue weighted by Gasteiger charge is -2.38. The predicted octanol–water partition coefficient (Wildman–Crippen LogP) is 0.411. The Balaban J connectivity index is 1.76. The number of nitrogens with one attached hydrogen (secondary N) is 1. The van der Waals surface area contributed by atoms with E-state index in [-0.39, 0.29) is 5.54 Å². The summed E-state index contributed by atoms with van der Waals surface area (Å²) in [4.78, 5) is 4.99. The highest BCUT2D eigenvalue weighted by molar-refractivity contribution is 5.17. The maximum Gasteiger partial charge on any atom is 0.123 e. The van der Waals surface area contributed by atoms with Crippen molar-refractivity contribution in [2.24, 2.45) is 0 Å². The van der Waals surface area contributed by atoms with E-state index in [0.717, 1.165) is 45.2 Å². The summed E-state index contributed by atoms with van der Waals surface area (Å²) in [5.74, 6) is 0. The summed E-state index contributed by atoms with van der Waals surface area (Å²) < 4.78 is 0. The van der Waals surface area contributed by atoms with Gasteiger partial charge in [-0.05, 0) is 26.2 Å². The lowest BCUT2D eigenvalue weighted by molar-refractivity contribution is 0.120. The predicted molar refractivity (Wildman–Crippen MR) is 66.6 cm³/mol. The molecule has 1 saturated carbocycles. The van der Waals surface area contributed by atoms with Crippen molar-refractivity contribution in [3.05, 3.63) is 0 Å². The molecule has 0 amide bonds. The van der Waals surface area contributed by atoms with Crippen molar-refractivity contribution < 1.29 is 0 Å². The second-order valence-corrected chi connectivity index (χ2v) is 5.84. The van der Waals surface area contributed by atoms with Crippen LogP contribution in [0.4, 0.5) is 0 Å². The van der Waals surface area contributed by atoms with Crippen LogP contribution in [0.1, 0.15) is 26.2 Å². The first-order valence-electron chi connectivity index (χ1n) is 6.88. The Bertz CT molecular complexity index is 327. The summed E-state index contributed by atoms with van der Waals surface area (Å²) >= 11 is 0. The van der Waals surface area contributed by atoms with Gasteiger partial charge >= 0.3 is 0 Å². The monoisotopic (exact) mass is 234 g/mol. The van der Waals surface area contributed by atoms with Crippen molar-refractivity contribution in [2.45, 2.75) is 43.8 Å². The fraction of sp³-hybridized carbons (Fsp3) is 0.923. The van der Waals surface area contributed by atoms with Gasteiger partial charge in [0.25, 0.3) is 0 Å². The van der Waals surface area contributed by atoms with E-state index in [4.69, 9.17) is 0 Å². The van der Waals surface area contributed by atoms with Crippen molar-refractivity contribution in [3.63, 3.8) is 0 Å². The summed E-state index contributed by atoms with van der Waals surface area (Å²) in [6.45, 7) is 7.37. The van der Waals surface area contributed by atoms with Gasteiger partial charge < -0.3 is 5.32 Å². The second-order valence-electron chi connectivity index (χ2n) is 5.84. The minimum absolute atomic E-state index is 0.204. The molecule has 4 nitrogen and oxygen atoms in total. The highest BCUT2D eigenvalue weighted by atomic mass is 15.3. The molecule has 2 atom stereocenters. The molecule has 1 N–H and O–H groups in total. The van der Waals surface area contributed by atoms with E-state index >= 15 is 0 Å². The molecule has 0 radical (unpaired) electrons. The molecule has 0 bridgehead atoms. The molecular formula is C13H22N4. The van der Waals surface area contributed by atoms with Gasteiger partial charge in [-0.3, -0.25) is 9.80 Å². The van der Waals surface area contributed by atoms with Gasteiger partial charge in [0.15, 0.2) is 0 Å². The fourth-order valence-electron chi connectivity index (χ4n) is 3.50. The average molecular weight is 234 g/mol. The number of rotatable bonds is 2. The molecule has 3 fully saturated rings. The molecule has 2 unspecified atom stereocenters. The normalized spacial score (nSPS) is 40.4. The number of hydrogen-bond acceptors (Lipinski definition) is 4. The number of nitriles is 1. The number of nitrogens with zero attached hydrogens (tertiary/aromatic N) is 3. The lowest BCUT2D eigenvalue weighted by atomic mass is 9.95. The number of hydrogen-bond donors (Lipinski definition) is 1. The van der Waals surface area contributed by atoms with E-state index < -0.39 is 0 Å². The Kier molecular flexibility index (Phi) is 2.86. The fourth-order valence-corrected chi connectivity index (χ4v) is 3.50.